The lowest BCUT2D eigenvalue weighted by Gasteiger charge is -2.29. The van der Waals surface area contributed by atoms with Crippen molar-refractivity contribution in [1.82, 2.24) is 0 Å². The van der Waals surface area contributed by atoms with Gasteiger partial charge in [-0.3, -0.25) is 0 Å². The van der Waals surface area contributed by atoms with E-state index in [1.165, 1.54) is 44.6 Å². The van der Waals surface area contributed by atoms with E-state index in [0.717, 1.165) is 25.2 Å². The van der Waals surface area contributed by atoms with Crippen LogP contribution in [0.4, 0.5) is 17.6 Å². The van der Waals surface area contributed by atoms with Crippen molar-refractivity contribution in [3.63, 3.8) is 0 Å². The van der Waals surface area contributed by atoms with Gasteiger partial charge in [0.15, 0.2) is 0 Å². The van der Waals surface area contributed by atoms with Crippen LogP contribution in [0.5, 0.6) is 0 Å². The molecule has 1 saturated carbocycles. The van der Waals surface area contributed by atoms with Crippen LogP contribution in [0, 0.1) is 17.7 Å². The molecular weight excluding hydrogens is 352 g/mol. The second kappa shape index (κ2) is 10.5. The van der Waals surface area contributed by atoms with E-state index in [0.29, 0.717) is 25.2 Å². The lowest BCUT2D eigenvalue weighted by Crippen LogP contribution is -2.17. The van der Waals surface area contributed by atoms with Gasteiger partial charge in [0.2, 0.25) is 0 Å². The summed E-state index contributed by atoms with van der Waals surface area (Å²) in [6.45, 7) is 4.06. The fourth-order valence-corrected chi connectivity index (χ4v) is 4.49. The third kappa shape index (κ3) is 6.50. The molecule has 1 aliphatic rings. The van der Waals surface area contributed by atoms with Crippen LogP contribution in [-0.2, 0) is 19.0 Å². The van der Waals surface area contributed by atoms with Crippen LogP contribution < -0.4 is 0 Å². The average molecular weight is 387 g/mol. The first-order chi connectivity index (χ1) is 12.9. The third-order valence-electron chi connectivity index (χ3n) is 6.12. The molecule has 2 rings (SSSR count). The van der Waals surface area contributed by atoms with Crippen molar-refractivity contribution < 1.29 is 17.6 Å². The minimum Gasteiger partial charge on any atom is -0.206 e. The number of benzene rings is 1. The molecule has 154 valence electrons. The van der Waals surface area contributed by atoms with Gasteiger partial charge in [-0.2, -0.15) is 13.2 Å². The Bertz CT molecular complexity index is 568. The molecule has 0 amide bonds. The van der Waals surface area contributed by atoms with Gasteiger partial charge in [0.25, 0.3) is 0 Å². The van der Waals surface area contributed by atoms with Crippen LogP contribution in [-0.4, -0.2) is 0 Å². The van der Waals surface area contributed by atoms with E-state index in [1.807, 2.05) is 6.92 Å². The van der Waals surface area contributed by atoms with Crippen molar-refractivity contribution in [3.05, 3.63) is 34.6 Å². The molecule has 4 heteroatoms. The highest BCUT2D eigenvalue weighted by molar-refractivity contribution is 5.36. The molecule has 0 spiro atoms. The van der Waals surface area contributed by atoms with Gasteiger partial charge in [0, 0.05) is 0 Å². The van der Waals surface area contributed by atoms with Gasteiger partial charge in [0.05, 0.1) is 5.56 Å². The minimum atomic E-state index is -4.62. The quantitative estimate of drug-likeness (QED) is 0.297. The van der Waals surface area contributed by atoms with Crippen molar-refractivity contribution >= 4 is 0 Å². The first kappa shape index (κ1) is 22.2. The highest BCUT2D eigenvalue weighted by atomic mass is 19.4. The molecule has 0 atom stereocenters. The zero-order valence-corrected chi connectivity index (χ0v) is 16.8. The molecule has 27 heavy (non-hydrogen) atoms. The topological polar surface area (TPSA) is 0 Å². The molecule has 0 aromatic heterocycles. The summed E-state index contributed by atoms with van der Waals surface area (Å²) < 4.78 is 54.8. The molecule has 0 heterocycles. The average Bonchev–Trinajstić information content (AvgIpc) is 2.62. The van der Waals surface area contributed by atoms with E-state index < -0.39 is 17.6 Å². The summed E-state index contributed by atoms with van der Waals surface area (Å²) >= 11 is 0. The summed E-state index contributed by atoms with van der Waals surface area (Å²) in [6, 6.07) is 3.06. The Kier molecular flexibility index (Phi) is 8.62. The van der Waals surface area contributed by atoms with E-state index in [2.05, 4.69) is 6.92 Å². The number of rotatable bonds is 9. The number of unbranched alkanes of at least 4 members (excludes halogenated alkanes) is 2. The fraction of sp³-hybridized carbons (Fsp3) is 0.739. The van der Waals surface area contributed by atoms with E-state index in [4.69, 9.17) is 0 Å². The van der Waals surface area contributed by atoms with E-state index in [9.17, 15) is 17.6 Å². The molecule has 0 nitrogen and oxygen atoms in total. The van der Waals surface area contributed by atoms with Crippen LogP contribution in [0.1, 0.15) is 94.7 Å². The Hall–Kier alpha value is -1.06. The van der Waals surface area contributed by atoms with Crippen LogP contribution in [0.2, 0.25) is 0 Å². The second-order valence-corrected chi connectivity index (χ2v) is 8.24. The van der Waals surface area contributed by atoms with Crippen molar-refractivity contribution in [2.24, 2.45) is 11.8 Å². The molecule has 0 unspecified atom stereocenters. The Morgan fingerprint density at radius 3 is 1.96 bits per heavy atom. The maximum Gasteiger partial charge on any atom is 0.419 e. The van der Waals surface area contributed by atoms with Crippen molar-refractivity contribution in [1.29, 1.82) is 0 Å². The fourth-order valence-electron chi connectivity index (χ4n) is 4.49. The molecule has 0 aliphatic heterocycles. The van der Waals surface area contributed by atoms with Crippen LogP contribution >= 0.6 is 0 Å². The third-order valence-corrected chi connectivity index (χ3v) is 6.12. The van der Waals surface area contributed by atoms with E-state index in [-0.39, 0.29) is 11.1 Å². The molecule has 1 aromatic carbocycles. The highest BCUT2D eigenvalue weighted by Gasteiger charge is 2.37. The summed E-state index contributed by atoms with van der Waals surface area (Å²) in [5.41, 5.74) is -0.715. The molecule has 1 aliphatic carbocycles. The number of hydrogen-bond donors (Lipinski definition) is 0. The number of aryl methyl sites for hydroxylation is 2. The van der Waals surface area contributed by atoms with Gasteiger partial charge in [-0.05, 0) is 42.2 Å². The molecule has 0 bridgehead atoms. The zero-order chi connectivity index (χ0) is 19.9. The highest BCUT2D eigenvalue weighted by Crippen LogP contribution is 2.38. The summed E-state index contributed by atoms with van der Waals surface area (Å²) in [5.74, 6) is 0.220. The van der Waals surface area contributed by atoms with E-state index >= 15 is 0 Å². The largest absolute Gasteiger partial charge is 0.419 e. The zero-order valence-electron chi connectivity index (χ0n) is 16.8. The molecule has 1 aromatic rings. The van der Waals surface area contributed by atoms with Crippen molar-refractivity contribution in [2.45, 2.75) is 97.1 Å². The molecule has 1 fully saturated rings. The second-order valence-electron chi connectivity index (χ2n) is 8.24. The molecular formula is C23H34F4. The number of hydrogen-bond acceptors (Lipinski definition) is 0. The summed E-state index contributed by atoms with van der Waals surface area (Å²) in [6.07, 6.45) is 7.14. The monoisotopic (exact) mass is 386 g/mol. The van der Waals surface area contributed by atoms with Crippen LogP contribution in [0.3, 0.4) is 0 Å². The standard InChI is InChI=1S/C23H34F4/c1-3-5-6-8-17-9-11-18(12-10-17)13-14-19-15-16-20(7-4-2)22(24)21(19)23(25,26)27/h15-18H,3-14H2,1-2H3. The predicted octanol–water partition coefficient (Wildman–Crippen LogP) is 8.12. The summed E-state index contributed by atoms with van der Waals surface area (Å²) in [4.78, 5) is 0. The number of halogens is 4. The molecule has 0 N–H and O–H groups in total. The first-order valence-corrected chi connectivity index (χ1v) is 10.7. The Labute approximate surface area is 161 Å². The van der Waals surface area contributed by atoms with Crippen LogP contribution in [0.25, 0.3) is 0 Å². The van der Waals surface area contributed by atoms with Crippen molar-refractivity contribution in [3.8, 4) is 0 Å². The van der Waals surface area contributed by atoms with Gasteiger partial charge < -0.3 is 0 Å². The van der Waals surface area contributed by atoms with Gasteiger partial charge >= 0.3 is 6.18 Å². The smallest absolute Gasteiger partial charge is 0.206 e. The van der Waals surface area contributed by atoms with Gasteiger partial charge in [-0.15, -0.1) is 0 Å². The lowest BCUT2D eigenvalue weighted by molar-refractivity contribution is -0.140. The van der Waals surface area contributed by atoms with E-state index in [1.54, 1.807) is 6.07 Å². The lowest BCUT2D eigenvalue weighted by atomic mass is 9.77. The minimum absolute atomic E-state index is 0.130. The van der Waals surface area contributed by atoms with Gasteiger partial charge in [-0.1, -0.05) is 83.8 Å². The maximum absolute atomic E-state index is 14.5. The molecule has 0 saturated heterocycles. The Morgan fingerprint density at radius 1 is 0.815 bits per heavy atom. The summed E-state index contributed by atoms with van der Waals surface area (Å²) in [7, 11) is 0. The SMILES string of the molecule is CCCCCC1CCC(CCc2ccc(CCC)c(F)c2C(F)(F)F)CC1. The predicted molar refractivity (Wildman–Crippen MR) is 103 cm³/mol. The first-order valence-electron chi connectivity index (χ1n) is 10.7. The Morgan fingerprint density at radius 2 is 1.41 bits per heavy atom. The number of alkyl halides is 3. The normalized spacial score (nSPS) is 20.8. The van der Waals surface area contributed by atoms with Gasteiger partial charge in [-0.25, -0.2) is 4.39 Å². The van der Waals surface area contributed by atoms with Crippen LogP contribution in [0.15, 0.2) is 12.1 Å². The molecule has 0 radical (unpaired) electrons. The maximum atomic E-state index is 14.5. The summed E-state index contributed by atoms with van der Waals surface area (Å²) in [5, 5.41) is 0. The van der Waals surface area contributed by atoms with Gasteiger partial charge in [0.1, 0.15) is 5.82 Å². The van der Waals surface area contributed by atoms with Crippen molar-refractivity contribution in [2.75, 3.05) is 0 Å². The Balaban J connectivity index is 1.95.